The molecule has 1 aliphatic heterocycles. The number of piperidine rings is 1. The normalized spacial score (nSPS) is 23.8. The molecule has 0 spiro atoms. The van der Waals surface area contributed by atoms with Crippen LogP contribution >= 0.6 is 15.9 Å². The predicted molar refractivity (Wildman–Crippen MR) is 124 cm³/mol. The molecule has 4 atom stereocenters. The van der Waals surface area contributed by atoms with E-state index in [0.29, 0.717) is 13.2 Å². The summed E-state index contributed by atoms with van der Waals surface area (Å²) in [6.07, 6.45) is -1.58. The summed E-state index contributed by atoms with van der Waals surface area (Å²) in [6, 6.07) is 22.8. The molecule has 0 radical (unpaired) electrons. The van der Waals surface area contributed by atoms with Gasteiger partial charge in [-0.3, -0.25) is 4.90 Å². The van der Waals surface area contributed by atoms with Gasteiger partial charge in [-0.05, 0) is 34.0 Å². The molecule has 3 aromatic carbocycles. The molecule has 162 valence electrons. The van der Waals surface area contributed by atoms with Crippen LogP contribution in [0, 0.1) is 5.92 Å². The summed E-state index contributed by atoms with van der Waals surface area (Å²) in [5.41, 5.74) is 2.21. The fourth-order valence-corrected chi connectivity index (χ4v) is 5.18. The molecule has 3 aromatic rings. The van der Waals surface area contributed by atoms with E-state index in [4.69, 9.17) is 9.47 Å². The third kappa shape index (κ3) is 4.33. The van der Waals surface area contributed by atoms with E-state index in [0.717, 1.165) is 26.4 Å². The summed E-state index contributed by atoms with van der Waals surface area (Å²) in [6.45, 7) is 0.817. The largest absolute Gasteiger partial charge is 0.465 e. The zero-order valence-electron chi connectivity index (χ0n) is 17.6. The van der Waals surface area contributed by atoms with Gasteiger partial charge in [-0.1, -0.05) is 70.5 Å². The second kappa shape index (κ2) is 9.39. The Labute approximate surface area is 190 Å². The van der Waals surface area contributed by atoms with Crippen molar-refractivity contribution in [2.75, 3.05) is 27.4 Å². The highest BCUT2D eigenvalue weighted by atomic mass is 79.9. The van der Waals surface area contributed by atoms with Crippen LogP contribution in [-0.4, -0.2) is 49.7 Å². The van der Waals surface area contributed by atoms with Gasteiger partial charge in [-0.15, -0.1) is 0 Å². The quantitative estimate of drug-likeness (QED) is 0.505. The highest BCUT2D eigenvalue weighted by Gasteiger charge is 2.47. The number of ether oxygens (including phenoxy) is 2. The van der Waals surface area contributed by atoms with E-state index in [1.54, 1.807) is 14.2 Å². The molecule has 1 fully saturated rings. The monoisotopic (exact) mass is 483 g/mol. The number of methoxy groups -OCH3 is 2. The molecule has 31 heavy (non-hydrogen) atoms. The first-order valence-electron chi connectivity index (χ1n) is 10.3. The topological polar surface area (TPSA) is 59.0 Å². The van der Waals surface area contributed by atoms with Crippen LogP contribution in [0.2, 0.25) is 0 Å². The predicted octanol–water partition coefficient (Wildman–Crippen LogP) is 5.70. The number of hydrogen-bond donors (Lipinski definition) is 1. The Morgan fingerprint density at radius 1 is 1.00 bits per heavy atom. The first-order valence-corrected chi connectivity index (χ1v) is 11.1. The summed E-state index contributed by atoms with van der Waals surface area (Å²) in [5.74, 6) is -0.152. The molecule has 0 saturated carbocycles. The molecule has 0 aliphatic carbocycles. The summed E-state index contributed by atoms with van der Waals surface area (Å²) in [4.78, 5) is 13.6. The van der Waals surface area contributed by atoms with Crippen LogP contribution in [0.25, 0.3) is 10.8 Å². The van der Waals surface area contributed by atoms with Crippen LogP contribution in [0.1, 0.15) is 23.0 Å². The Balaban J connectivity index is 1.89. The summed E-state index contributed by atoms with van der Waals surface area (Å²) in [5, 5.41) is 12.2. The molecular formula is C25H26BrNO4. The number of likely N-dealkylation sites (tertiary alicyclic amines) is 1. The maximum absolute atomic E-state index is 12.1. The molecule has 5 nitrogen and oxygen atoms in total. The molecule has 1 saturated heterocycles. The Morgan fingerprint density at radius 2 is 1.68 bits per heavy atom. The summed E-state index contributed by atoms with van der Waals surface area (Å²) in [7, 11) is 3.25. The van der Waals surface area contributed by atoms with Gasteiger partial charge in [-0.25, -0.2) is 4.79 Å². The zero-order chi connectivity index (χ0) is 22.0. The highest BCUT2D eigenvalue weighted by molar-refractivity contribution is 9.10. The summed E-state index contributed by atoms with van der Waals surface area (Å²) >= 11 is 3.52. The maximum atomic E-state index is 12.1. The lowest BCUT2D eigenvalue weighted by Gasteiger charge is -2.48. The number of hydrogen-bond acceptors (Lipinski definition) is 3. The second-order valence-corrected chi connectivity index (χ2v) is 8.90. The molecule has 1 heterocycles. The van der Waals surface area contributed by atoms with Crippen molar-refractivity contribution >= 4 is 32.8 Å². The van der Waals surface area contributed by atoms with Gasteiger partial charge in [0.25, 0.3) is 0 Å². The van der Waals surface area contributed by atoms with Crippen molar-refractivity contribution in [3.63, 3.8) is 0 Å². The van der Waals surface area contributed by atoms with Crippen LogP contribution in [-0.2, 0) is 9.47 Å². The number of benzene rings is 3. The van der Waals surface area contributed by atoms with E-state index in [1.807, 2.05) is 24.3 Å². The summed E-state index contributed by atoms with van der Waals surface area (Å²) < 4.78 is 12.4. The van der Waals surface area contributed by atoms with Gasteiger partial charge in [0.2, 0.25) is 0 Å². The average molecular weight is 484 g/mol. The van der Waals surface area contributed by atoms with Crippen molar-refractivity contribution < 1.29 is 19.4 Å². The van der Waals surface area contributed by atoms with Gasteiger partial charge in [-0.2, -0.15) is 0 Å². The Morgan fingerprint density at radius 3 is 2.32 bits per heavy atom. The zero-order valence-corrected chi connectivity index (χ0v) is 19.2. The molecule has 6 heteroatoms. The van der Waals surface area contributed by atoms with E-state index < -0.39 is 12.3 Å². The van der Waals surface area contributed by atoms with Crippen molar-refractivity contribution in [3.8, 4) is 0 Å². The maximum Gasteiger partial charge on any atom is 0.409 e. The number of fused-ring (bicyclic) bond motifs is 1. The number of rotatable bonds is 5. The van der Waals surface area contributed by atoms with E-state index in [-0.39, 0.29) is 17.8 Å². The standard InChI is InChI=1S/C25H26BrNO4/c1-30-15-20-14-27(25(28)29)24(31-2)23(22(20)17-9-11-21(26)12-10-17)19-8-7-16-5-3-4-6-18(16)13-19/h3-13,20,22-24H,14-15H2,1-2H3,(H,28,29). The van der Waals surface area contributed by atoms with Crippen LogP contribution in [0.3, 0.4) is 0 Å². The van der Waals surface area contributed by atoms with Crippen molar-refractivity contribution in [3.05, 3.63) is 82.3 Å². The van der Waals surface area contributed by atoms with Gasteiger partial charge in [0.1, 0.15) is 6.23 Å². The van der Waals surface area contributed by atoms with Gasteiger partial charge in [0.05, 0.1) is 6.61 Å². The highest BCUT2D eigenvalue weighted by Crippen LogP contribution is 2.47. The first kappa shape index (κ1) is 21.8. The van der Waals surface area contributed by atoms with Crippen LogP contribution in [0.4, 0.5) is 4.79 Å². The molecule has 1 aliphatic rings. The van der Waals surface area contributed by atoms with E-state index >= 15 is 0 Å². The number of amides is 1. The molecular weight excluding hydrogens is 458 g/mol. The SMILES string of the molecule is COCC1CN(C(=O)O)C(OC)C(c2ccc3ccccc3c2)C1c1ccc(Br)cc1. The fraction of sp³-hybridized carbons (Fsp3) is 0.320. The molecule has 4 rings (SSSR count). The minimum Gasteiger partial charge on any atom is -0.465 e. The van der Waals surface area contributed by atoms with Gasteiger partial charge in [0, 0.05) is 43.0 Å². The molecule has 4 unspecified atom stereocenters. The van der Waals surface area contributed by atoms with Crippen LogP contribution in [0.15, 0.2) is 71.2 Å². The number of carbonyl (C=O) groups is 1. The smallest absolute Gasteiger partial charge is 0.409 e. The third-order valence-electron chi connectivity index (χ3n) is 6.22. The Kier molecular flexibility index (Phi) is 6.60. The van der Waals surface area contributed by atoms with E-state index in [2.05, 4.69) is 58.4 Å². The first-order chi connectivity index (χ1) is 15.0. The lowest BCUT2D eigenvalue weighted by Crippen LogP contribution is -2.55. The van der Waals surface area contributed by atoms with Crippen molar-refractivity contribution in [2.45, 2.75) is 18.1 Å². The van der Waals surface area contributed by atoms with Gasteiger partial charge >= 0.3 is 6.09 Å². The number of nitrogens with zero attached hydrogens (tertiary/aromatic N) is 1. The number of carboxylic acid groups (broad SMARTS) is 1. The Bertz CT molecular complexity index is 1050. The van der Waals surface area contributed by atoms with E-state index in [1.165, 1.54) is 4.90 Å². The fourth-order valence-electron chi connectivity index (χ4n) is 4.92. The van der Waals surface area contributed by atoms with Crippen LogP contribution < -0.4 is 0 Å². The van der Waals surface area contributed by atoms with Crippen molar-refractivity contribution in [1.29, 1.82) is 0 Å². The van der Waals surface area contributed by atoms with E-state index in [9.17, 15) is 9.90 Å². The minimum absolute atomic E-state index is 0.00912. The molecule has 1 N–H and O–H groups in total. The number of halogens is 1. The van der Waals surface area contributed by atoms with Crippen molar-refractivity contribution in [2.24, 2.45) is 5.92 Å². The lowest BCUT2D eigenvalue weighted by atomic mass is 9.70. The van der Waals surface area contributed by atoms with Gasteiger partial charge in [0.15, 0.2) is 0 Å². The van der Waals surface area contributed by atoms with Gasteiger partial charge < -0.3 is 14.6 Å². The van der Waals surface area contributed by atoms with Crippen molar-refractivity contribution in [1.82, 2.24) is 4.90 Å². The third-order valence-corrected chi connectivity index (χ3v) is 6.75. The molecule has 0 aromatic heterocycles. The molecule has 0 bridgehead atoms. The minimum atomic E-state index is -0.979. The second-order valence-electron chi connectivity index (χ2n) is 7.99. The molecule has 1 amide bonds. The lowest BCUT2D eigenvalue weighted by molar-refractivity contribution is -0.0862. The van der Waals surface area contributed by atoms with Crippen LogP contribution in [0.5, 0.6) is 0 Å². The average Bonchev–Trinajstić information content (AvgIpc) is 2.78. The Hall–Kier alpha value is -2.41.